The van der Waals surface area contributed by atoms with Gasteiger partial charge >= 0.3 is 6.18 Å². The van der Waals surface area contributed by atoms with E-state index in [1.807, 2.05) is 0 Å². The Labute approximate surface area is 93.5 Å². The van der Waals surface area contributed by atoms with Crippen LogP contribution in [0, 0.1) is 0 Å². The quantitative estimate of drug-likeness (QED) is 0.834. The van der Waals surface area contributed by atoms with Crippen LogP contribution in [0.25, 0.3) is 10.6 Å². The van der Waals surface area contributed by atoms with Crippen molar-refractivity contribution in [3.05, 3.63) is 35.2 Å². The Hall–Kier alpha value is -1.56. The number of nitrogens with zero attached hydrogens (tertiary/aromatic N) is 1. The Morgan fingerprint density at radius 3 is 2.56 bits per heavy atom. The summed E-state index contributed by atoms with van der Waals surface area (Å²) in [5, 5.41) is 2.08. The van der Waals surface area contributed by atoms with Crippen LogP contribution in [0.5, 0.6) is 0 Å². The second-order valence-corrected chi connectivity index (χ2v) is 4.01. The standard InChI is InChI=1S/C10H7F3N2S/c11-10(12,13)7-3-1-2-6(4-7)9-15-8(14)5-16-9/h1-5H,14H2. The molecule has 0 radical (unpaired) electrons. The smallest absolute Gasteiger partial charge is 0.383 e. The first kappa shape index (κ1) is 10.9. The Morgan fingerprint density at radius 2 is 2.00 bits per heavy atom. The molecule has 2 N–H and O–H groups in total. The number of nitrogens with two attached hydrogens (primary N) is 1. The van der Waals surface area contributed by atoms with E-state index in [4.69, 9.17) is 5.73 Å². The number of nitrogen functional groups attached to an aromatic ring is 1. The van der Waals surface area contributed by atoms with Gasteiger partial charge in [-0.05, 0) is 12.1 Å². The number of hydrogen-bond acceptors (Lipinski definition) is 3. The Morgan fingerprint density at radius 1 is 1.25 bits per heavy atom. The zero-order valence-electron chi connectivity index (χ0n) is 7.95. The van der Waals surface area contributed by atoms with Crippen molar-refractivity contribution in [2.24, 2.45) is 0 Å². The molecule has 1 aromatic heterocycles. The van der Waals surface area contributed by atoms with Gasteiger partial charge in [0.15, 0.2) is 0 Å². The van der Waals surface area contributed by atoms with Gasteiger partial charge in [-0.2, -0.15) is 13.2 Å². The van der Waals surface area contributed by atoms with Gasteiger partial charge in [0, 0.05) is 10.9 Å². The summed E-state index contributed by atoms with van der Waals surface area (Å²) in [5.74, 6) is 0.317. The van der Waals surface area contributed by atoms with E-state index in [1.165, 1.54) is 17.4 Å². The second-order valence-electron chi connectivity index (χ2n) is 3.16. The molecule has 0 aliphatic rings. The van der Waals surface area contributed by atoms with Gasteiger partial charge in [-0.3, -0.25) is 0 Å². The summed E-state index contributed by atoms with van der Waals surface area (Å²) in [5.41, 5.74) is 5.16. The van der Waals surface area contributed by atoms with Crippen molar-refractivity contribution in [1.82, 2.24) is 4.98 Å². The predicted octanol–water partition coefficient (Wildman–Crippen LogP) is 3.41. The number of anilines is 1. The van der Waals surface area contributed by atoms with Crippen LogP contribution in [0.15, 0.2) is 29.6 Å². The fourth-order valence-electron chi connectivity index (χ4n) is 1.25. The summed E-state index contributed by atoms with van der Waals surface area (Å²) in [6.07, 6.45) is -4.33. The fraction of sp³-hybridized carbons (Fsp3) is 0.100. The molecule has 2 nitrogen and oxygen atoms in total. The van der Waals surface area contributed by atoms with Gasteiger partial charge in [0.05, 0.1) is 5.56 Å². The van der Waals surface area contributed by atoms with Crippen molar-refractivity contribution in [3.63, 3.8) is 0 Å². The lowest BCUT2D eigenvalue weighted by Gasteiger charge is -2.07. The second kappa shape index (κ2) is 3.79. The van der Waals surface area contributed by atoms with Crippen LogP contribution in [0.4, 0.5) is 19.0 Å². The van der Waals surface area contributed by atoms with Gasteiger partial charge in [0.2, 0.25) is 0 Å². The maximum atomic E-state index is 12.4. The molecule has 0 aliphatic carbocycles. The normalized spacial score (nSPS) is 11.7. The first-order chi connectivity index (χ1) is 7.47. The van der Waals surface area contributed by atoms with E-state index in [0.717, 1.165) is 12.1 Å². The molecule has 0 aliphatic heterocycles. The topological polar surface area (TPSA) is 38.9 Å². The lowest BCUT2D eigenvalue weighted by Crippen LogP contribution is -2.04. The molecule has 84 valence electrons. The maximum Gasteiger partial charge on any atom is 0.416 e. The molecule has 16 heavy (non-hydrogen) atoms. The van der Waals surface area contributed by atoms with Crippen molar-refractivity contribution in [2.45, 2.75) is 6.18 Å². The zero-order chi connectivity index (χ0) is 11.8. The minimum absolute atomic E-state index is 0.317. The third kappa shape index (κ3) is 2.16. The molecule has 0 saturated heterocycles. The third-order valence-corrected chi connectivity index (χ3v) is 2.87. The summed E-state index contributed by atoms with van der Waals surface area (Å²) in [6.45, 7) is 0. The monoisotopic (exact) mass is 244 g/mol. The van der Waals surface area contributed by atoms with Crippen molar-refractivity contribution in [2.75, 3.05) is 5.73 Å². The molecule has 0 unspecified atom stereocenters. The Balaban J connectivity index is 2.44. The van der Waals surface area contributed by atoms with Crippen LogP contribution in [0.1, 0.15) is 5.56 Å². The largest absolute Gasteiger partial charge is 0.416 e. The molecule has 0 fully saturated rings. The van der Waals surface area contributed by atoms with Gasteiger partial charge in [-0.15, -0.1) is 11.3 Å². The molecule has 0 spiro atoms. The van der Waals surface area contributed by atoms with Gasteiger partial charge in [0.25, 0.3) is 0 Å². The minimum atomic E-state index is -4.33. The van der Waals surface area contributed by atoms with Crippen LogP contribution in [0.2, 0.25) is 0 Å². The molecule has 2 aromatic rings. The lowest BCUT2D eigenvalue weighted by atomic mass is 10.1. The van der Waals surface area contributed by atoms with Crippen LogP contribution >= 0.6 is 11.3 Å². The number of rotatable bonds is 1. The van der Waals surface area contributed by atoms with E-state index in [1.54, 1.807) is 11.4 Å². The highest BCUT2D eigenvalue weighted by atomic mass is 32.1. The summed E-state index contributed by atoms with van der Waals surface area (Å²) in [4.78, 5) is 3.93. The van der Waals surface area contributed by atoms with Crippen LogP contribution in [0.3, 0.4) is 0 Å². The molecule has 0 atom stereocenters. The maximum absolute atomic E-state index is 12.4. The molecule has 0 amide bonds. The Bertz CT molecular complexity index is 505. The van der Waals surface area contributed by atoms with Crippen molar-refractivity contribution >= 4 is 17.2 Å². The SMILES string of the molecule is Nc1csc(-c2cccc(C(F)(F)F)c2)n1. The van der Waals surface area contributed by atoms with Gasteiger partial charge in [0.1, 0.15) is 10.8 Å². The summed E-state index contributed by atoms with van der Waals surface area (Å²) < 4.78 is 37.3. The summed E-state index contributed by atoms with van der Waals surface area (Å²) in [7, 11) is 0. The molecule has 0 saturated carbocycles. The fourth-order valence-corrected chi connectivity index (χ4v) is 1.95. The number of halogens is 3. The van der Waals surface area contributed by atoms with Gasteiger partial charge in [-0.1, -0.05) is 12.1 Å². The third-order valence-electron chi connectivity index (χ3n) is 1.96. The highest BCUT2D eigenvalue weighted by Gasteiger charge is 2.30. The van der Waals surface area contributed by atoms with E-state index in [2.05, 4.69) is 4.98 Å². The molecule has 2 rings (SSSR count). The van der Waals surface area contributed by atoms with E-state index in [-0.39, 0.29) is 0 Å². The van der Waals surface area contributed by atoms with Crippen molar-refractivity contribution < 1.29 is 13.2 Å². The van der Waals surface area contributed by atoms with Gasteiger partial charge in [-0.25, -0.2) is 4.98 Å². The number of benzene rings is 1. The molecule has 6 heteroatoms. The lowest BCUT2D eigenvalue weighted by molar-refractivity contribution is -0.137. The first-order valence-electron chi connectivity index (χ1n) is 4.35. The average Bonchev–Trinajstić information content (AvgIpc) is 2.64. The summed E-state index contributed by atoms with van der Waals surface area (Å²) in [6, 6.07) is 5.03. The van der Waals surface area contributed by atoms with Crippen molar-refractivity contribution in [3.8, 4) is 10.6 Å². The minimum Gasteiger partial charge on any atom is -0.383 e. The molecule has 0 bridgehead atoms. The van der Waals surface area contributed by atoms with E-state index in [0.29, 0.717) is 16.4 Å². The average molecular weight is 244 g/mol. The number of aromatic nitrogens is 1. The molecule has 1 aromatic carbocycles. The number of alkyl halides is 3. The van der Waals surface area contributed by atoms with Crippen LogP contribution in [-0.2, 0) is 6.18 Å². The highest BCUT2D eigenvalue weighted by molar-refractivity contribution is 7.13. The predicted molar refractivity (Wildman–Crippen MR) is 57.0 cm³/mol. The molecular formula is C10H7F3N2S. The number of thiazole rings is 1. The first-order valence-corrected chi connectivity index (χ1v) is 5.23. The number of hydrogen-bond donors (Lipinski definition) is 1. The molecular weight excluding hydrogens is 237 g/mol. The zero-order valence-corrected chi connectivity index (χ0v) is 8.77. The Kier molecular flexibility index (Phi) is 2.59. The highest BCUT2D eigenvalue weighted by Crippen LogP contribution is 2.33. The van der Waals surface area contributed by atoms with Gasteiger partial charge < -0.3 is 5.73 Å². The molecule has 1 heterocycles. The van der Waals surface area contributed by atoms with E-state index >= 15 is 0 Å². The van der Waals surface area contributed by atoms with Crippen LogP contribution < -0.4 is 5.73 Å². The summed E-state index contributed by atoms with van der Waals surface area (Å²) >= 11 is 1.22. The van der Waals surface area contributed by atoms with E-state index < -0.39 is 11.7 Å². The van der Waals surface area contributed by atoms with Crippen molar-refractivity contribution in [1.29, 1.82) is 0 Å². The van der Waals surface area contributed by atoms with Crippen LogP contribution in [-0.4, -0.2) is 4.98 Å². The van der Waals surface area contributed by atoms with E-state index in [9.17, 15) is 13.2 Å².